The van der Waals surface area contributed by atoms with E-state index >= 15 is 0 Å². The van der Waals surface area contributed by atoms with Crippen molar-refractivity contribution in [1.29, 1.82) is 0 Å². The van der Waals surface area contributed by atoms with Crippen LogP contribution in [0.1, 0.15) is 58.7 Å². The van der Waals surface area contributed by atoms with Gasteiger partial charge in [0.25, 0.3) is 0 Å². The Morgan fingerprint density at radius 2 is 2.06 bits per heavy atom. The summed E-state index contributed by atoms with van der Waals surface area (Å²) in [6.07, 6.45) is 8.85. The van der Waals surface area contributed by atoms with Gasteiger partial charge < -0.3 is 0 Å². The molecule has 0 spiro atoms. The zero-order chi connectivity index (χ0) is 13.4. The van der Waals surface area contributed by atoms with E-state index in [-0.39, 0.29) is 0 Å². The van der Waals surface area contributed by atoms with Crippen LogP contribution in [0, 0.1) is 5.41 Å². The molecule has 0 aromatic carbocycles. The molecule has 1 rings (SSSR count). The van der Waals surface area contributed by atoms with Crippen LogP contribution in [0.2, 0.25) is 0 Å². The first-order chi connectivity index (χ1) is 8.71. The molecule has 0 aliphatic heterocycles. The third-order valence-corrected chi connectivity index (χ3v) is 4.95. The van der Waals surface area contributed by atoms with Crippen LogP contribution in [0.3, 0.4) is 0 Å². The molecule has 0 amide bonds. The van der Waals surface area contributed by atoms with Gasteiger partial charge in [-0.15, -0.1) is 0 Å². The summed E-state index contributed by atoms with van der Waals surface area (Å²) in [5.74, 6) is 1.15. The Bertz CT molecular complexity index is 332. The van der Waals surface area contributed by atoms with Gasteiger partial charge in [-0.05, 0) is 24.7 Å². The van der Waals surface area contributed by atoms with Gasteiger partial charge in [-0.3, -0.25) is 4.68 Å². The van der Waals surface area contributed by atoms with Crippen LogP contribution in [-0.4, -0.2) is 20.1 Å². The largest absolute Gasteiger partial charge is 0.250 e. The lowest BCUT2D eigenvalue weighted by Crippen LogP contribution is -2.27. The lowest BCUT2D eigenvalue weighted by Gasteiger charge is -2.30. The van der Waals surface area contributed by atoms with E-state index in [1.807, 2.05) is 0 Å². The van der Waals surface area contributed by atoms with Crippen LogP contribution in [0.4, 0.5) is 0 Å². The van der Waals surface area contributed by atoms with Gasteiger partial charge in [-0.25, -0.2) is 4.98 Å². The predicted octanol–water partition coefficient (Wildman–Crippen LogP) is 4.21. The number of hydrogen-bond acceptors (Lipinski definition) is 2. The van der Waals surface area contributed by atoms with E-state index in [1.54, 1.807) is 6.33 Å². The first-order valence-electron chi connectivity index (χ1n) is 7.14. The minimum Gasteiger partial charge on any atom is -0.250 e. The van der Waals surface area contributed by atoms with Crippen LogP contribution >= 0.6 is 15.9 Å². The summed E-state index contributed by atoms with van der Waals surface area (Å²) in [5.41, 5.74) is 0.342. The van der Waals surface area contributed by atoms with E-state index < -0.39 is 0 Å². The standard InChI is InChI=1S/C14H26BrN3/c1-4-7-8-14(6-3,11-15)10-13-16-12-17-18(13)9-5-2/h12H,4-11H2,1-3H3. The summed E-state index contributed by atoms with van der Waals surface area (Å²) in [6, 6.07) is 0. The third-order valence-electron chi connectivity index (χ3n) is 3.76. The van der Waals surface area contributed by atoms with Crippen molar-refractivity contribution in [3.05, 3.63) is 12.2 Å². The van der Waals surface area contributed by atoms with Crippen LogP contribution in [-0.2, 0) is 13.0 Å². The number of aryl methyl sites for hydroxylation is 1. The zero-order valence-corrected chi connectivity index (χ0v) is 13.5. The van der Waals surface area contributed by atoms with E-state index in [9.17, 15) is 0 Å². The van der Waals surface area contributed by atoms with Gasteiger partial charge in [0.05, 0.1) is 0 Å². The number of nitrogens with zero attached hydrogens (tertiary/aromatic N) is 3. The number of aromatic nitrogens is 3. The summed E-state index contributed by atoms with van der Waals surface area (Å²) in [7, 11) is 0. The van der Waals surface area contributed by atoms with E-state index in [0.29, 0.717) is 5.41 Å². The van der Waals surface area contributed by atoms with E-state index in [4.69, 9.17) is 0 Å². The smallest absolute Gasteiger partial charge is 0.138 e. The van der Waals surface area contributed by atoms with Crippen LogP contribution in [0.5, 0.6) is 0 Å². The number of unbranched alkanes of at least 4 members (excludes halogenated alkanes) is 1. The molecule has 18 heavy (non-hydrogen) atoms. The first kappa shape index (κ1) is 15.7. The molecule has 104 valence electrons. The monoisotopic (exact) mass is 315 g/mol. The van der Waals surface area contributed by atoms with Gasteiger partial charge in [-0.1, -0.05) is 49.5 Å². The Kier molecular flexibility index (Phi) is 6.90. The van der Waals surface area contributed by atoms with Crippen molar-refractivity contribution in [2.75, 3.05) is 5.33 Å². The van der Waals surface area contributed by atoms with Crippen molar-refractivity contribution in [2.24, 2.45) is 5.41 Å². The second kappa shape index (κ2) is 7.93. The van der Waals surface area contributed by atoms with Gasteiger partial charge in [0, 0.05) is 18.3 Å². The fraction of sp³-hybridized carbons (Fsp3) is 0.857. The maximum atomic E-state index is 4.45. The number of halogens is 1. The molecule has 3 nitrogen and oxygen atoms in total. The molecule has 4 heteroatoms. The molecule has 0 saturated carbocycles. The minimum atomic E-state index is 0.342. The van der Waals surface area contributed by atoms with Crippen molar-refractivity contribution in [2.45, 2.75) is 65.8 Å². The van der Waals surface area contributed by atoms with Crippen LogP contribution in [0.15, 0.2) is 6.33 Å². The highest BCUT2D eigenvalue weighted by Gasteiger charge is 2.28. The van der Waals surface area contributed by atoms with Gasteiger partial charge >= 0.3 is 0 Å². The first-order valence-corrected chi connectivity index (χ1v) is 8.26. The maximum Gasteiger partial charge on any atom is 0.138 e. The lowest BCUT2D eigenvalue weighted by molar-refractivity contribution is 0.272. The van der Waals surface area contributed by atoms with Gasteiger partial charge in [0.15, 0.2) is 0 Å². The Morgan fingerprint density at radius 3 is 2.61 bits per heavy atom. The third kappa shape index (κ3) is 4.08. The predicted molar refractivity (Wildman–Crippen MR) is 80.1 cm³/mol. The molecule has 1 aromatic rings. The zero-order valence-electron chi connectivity index (χ0n) is 12.0. The minimum absolute atomic E-state index is 0.342. The topological polar surface area (TPSA) is 30.7 Å². The highest BCUT2D eigenvalue weighted by molar-refractivity contribution is 9.09. The molecule has 0 radical (unpaired) electrons. The Morgan fingerprint density at radius 1 is 1.28 bits per heavy atom. The van der Waals surface area contributed by atoms with Crippen molar-refractivity contribution in [3.8, 4) is 0 Å². The van der Waals surface area contributed by atoms with Crippen molar-refractivity contribution in [1.82, 2.24) is 14.8 Å². The Labute approximate surface area is 120 Å². The van der Waals surface area contributed by atoms with Gasteiger partial charge in [0.1, 0.15) is 12.2 Å². The van der Waals surface area contributed by atoms with E-state index in [2.05, 4.69) is 51.5 Å². The molecule has 0 aliphatic rings. The fourth-order valence-electron chi connectivity index (χ4n) is 2.31. The summed E-state index contributed by atoms with van der Waals surface area (Å²) in [6.45, 7) is 7.71. The summed E-state index contributed by atoms with van der Waals surface area (Å²) >= 11 is 3.72. The van der Waals surface area contributed by atoms with Crippen LogP contribution in [0.25, 0.3) is 0 Å². The van der Waals surface area contributed by atoms with Crippen molar-refractivity contribution < 1.29 is 0 Å². The SMILES string of the molecule is CCCCC(CC)(CBr)Cc1ncnn1CCC. The Hall–Kier alpha value is -0.380. The number of hydrogen-bond donors (Lipinski definition) is 0. The average Bonchev–Trinajstić information content (AvgIpc) is 2.82. The highest BCUT2D eigenvalue weighted by Crippen LogP contribution is 2.34. The molecule has 1 heterocycles. The summed E-state index contributed by atoms with van der Waals surface area (Å²) < 4.78 is 2.07. The summed E-state index contributed by atoms with van der Waals surface area (Å²) in [5, 5.41) is 5.38. The lowest BCUT2D eigenvalue weighted by atomic mass is 9.79. The van der Waals surface area contributed by atoms with E-state index in [0.717, 1.165) is 30.5 Å². The quantitative estimate of drug-likeness (QED) is 0.639. The number of rotatable bonds is 9. The van der Waals surface area contributed by atoms with Gasteiger partial charge in [-0.2, -0.15) is 5.10 Å². The molecule has 0 saturated heterocycles. The van der Waals surface area contributed by atoms with Gasteiger partial charge in [0.2, 0.25) is 0 Å². The second-order valence-corrected chi connectivity index (χ2v) is 5.73. The van der Waals surface area contributed by atoms with Crippen molar-refractivity contribution in [3.63, 3.8) is 0 Å². The molecule has 0 fully saturated rings. The summed E-state index contributed by atoms with van der Waals surface area (Å²) in [4.78, 5) is 4.45. The number of alkyl halides is 1. The molecule has 1 unspecified atom stereocenters. The maximum absolute atomic E-state index is 4.45. The average molecular weight is 316 g/mol. The highest BCUT2D eigenvalue weighted by atomic mass is 79.9. The van der Waals surface area contributed by atoms with E-state index in [1.165, 1.54) is 25.7 Å². The second-order valence-electron chi connectivity index (χ2n) is 5.17. The molecular weight excluding hydrogens is 290 g/mol. The molecule has 1 atom stereocenters. The molecule has 0 N–H and O–H groups in total. The molecular formula is C14H26BrN3. The molecule has 0 aliphatic carbocycles. The normalized spacial score (nSPS) is 14.7. The Balaban J connectivity index is 2.78. The molecule has 0 bridgehead atoms. The van der Waals surface area contributed by atoms with Crippen LogP contribution < -0.4 is 0 Å². The van der Waals surface area contributed by atoms with Crippen molar-refractivity contribution >= 4 is 15.9 Å². The molecule has 1 aromatic heterocycles. The fourth-order valence-corrected chi connectivity index (χ4v) is 3.18.